The van der Waals surface area contributed by atoms with E-state index in [0.717, 1.165) is 37.2 Å². The molecule has 0 aliphatic carbocycles. The summed E-state index contributed by atoms with van der Waals surface area (Å²) in [5, 5.41) is 9.96. The quantitative estimate of drug-likeness (QED) is 0.858. The summed E-state index contributed by atoms with van der Waals surface area (Å²) in [5.74, 6) is 0.395. The molecule has 6 heteroatoms. The van der Waals surface area contributed by atoms with E-state index >= 15 is 0 Å². The monoisotopic (exact) mass is 267 g/mol. The second-order valence-corrected chi connectivity index (χ2v) is 5.14. The fraction of sp³-hybridized carbons (Fsp3) is 0.692. The Hall–Kier alpha value is -1.40. The normalized spacial score (nSPS) is 18.3. The molecule has 0 bridgehead atoms. The molecule has 1 amide bonds. The number of carbonyl (C=O) groups excluding carboxylic acids is 1. The van der Waals surface area contributed by atoms with Gasteiger partial charge in [-0.25, -0.2) is 0 Å². The van der Waals surface area contributed by atoms with Crippen LogP contribution in [-0.4, -0.2) is 37.9 Å². The second kappa shape index (κ2) is 5.71. The summed E-state index contributed by atoms with van der Waals surface area (Å²) in [4.78, 5) is 12.5. The van der Waals surface area contributed by atoms with E-state index in [1.165, 1.54) is 0 Å². The van der Waals surface area contributed by atoms with E-state index in [9.17, 15) is 4.79 Å². The van der Waals surface area contributed by atoms with Crippen LogP contribution in [0.5, 0.6) is 0 Å². The largest absolute Gasteiger partial charge is 0.384 e. The van der Waals surface area contributed by atoms with Crippen LogP contribution in [0.15, 0.2) is 4.52 Å². The number of hydrogen-bond donors (Lipinski definition) is 2. The summed E-state index contributed by atoms with van der Waals surface area (Å²) >= 11 is 0. The van der Waals surface area contributed by atoms with Crippen LogP contribution in [0.25, 0.3) is 0 Å². The molecule has 1 aromatic heterocycles. The highest BCUT2D eigenvalue weighted by molar-refractivity contribution is 5.95. The number of anilines is 1. The van der Waals surface area contributed by atoms with E-state index < -0.39 is 5.41 Å². The Kier molecular flexibility index (Phi) is 4.21. The molecule has 0 spiro atoms. The smallest absolute Gasteiger partial charge is 0.235 e. The Bertz CT molecular complexity index is 444. The van der Waals surface area contributed by atoms with Crippen LogP contribution in [0.1, 0.15) is 24.1 Å². The topological polar surface area (TPSA) is 76.4 Å². The fourth-order valence-corrected chi connectivity index (χ4v) is 2.39. The van der Waals surface area contributed by atoms with Crippen molar-refractivity contribution in [2.75, 3.05) is 32.1 Å². The Morgan fingerprint density at radius 2 is 2.16 bits per heavy atom. The maximum Gasteiger partial charge on any atom is 0.235 e. The van der Waals surface area contributed by atoms with Crippen LogP contribution in [-0.2, 0) is 9.53 Å². The molecule has 1 aliphatic rings. The first-order chi connectivity index (χ1) is 9.09. The maximum atomic E-state index is 12.5. The Labute approximate surface area is 112 Å². The fourth-order valence-electron chi connectivity index (χ4n) is 2.39. The molecule has 0 saturated carbocycles. The maximum absolute atomic E-state index is 12.5. The highest BCUT2D eigenvalue weighted by Gasteiger charge is 2.40. The van der Waals surface area contributed by atoms with Gasteiger partial charge in [0.25, 0.3) is 0 Å². The van der Waals surface area contributed by atoms with Gasteiger partial charge in [-0.1, -0.05) is 5.16 Å². The molecule has 1 aliphatic heterocycles. The molecular weight excluding hydrogens is 246 g/mol. The van der Waals surface area contributed by atoms with Gasteiger partial charge in [0.1, 0.15) is 0 Å². The summed E-state index contributed by atoms with van der Waals surface area (Å²) in [7, 11) is 1.63. The van der Waals surface area contributed by atoms with E-state index in [4.69, 9.17) is 9.26 Å². The van der Waals surface area contributed by atoms with Gasteiger partial charge in [0.15, 0.2) is 0 Å². The van der Waals surface area contributed by atoms with Gasteiger partial charge < -0.3 is 14.6 Å². The summed E-state index contributed by atoms with van der Waals surface area (Å²) < 4.78 is 10.4. The number of rotatable bonds is 4. The number of nitrogens with zero attached hydrogens (tertiary/aromatic N) is 1. The number of ether oxygens (including phenoxy) is 1. The van der Waals surface area contributed by atoms with Crippen molar-refractivity contribution in [3.05, 3.63) is 11.3 Å². The van der Waals surface area contributed by atoms with Crippen LogP contribution in [0.4, 0.5) is 5.88 Å². The predicted octanol–water partition coefficient (Wildman–Crippen LogP) is 1.25. The average Bonchev–Trinajstić information content (AvgIpc) is 2.72. The third kappa shape index (κ3) is 2.79. The Balaban J connectivity index is 2.13. The van der Waals surface area contributed by atoms with E-state index in [0.29, 0.717) is 12.5 Å². The predicted molar refractivity (Wildman–Crippen MR) is 71.0 cm³/mol. The standard InChI is InChI=1S/C13H21N3O3/c1-9-10(2)16-19-11(9)15-12(17)13(8-18-3)4-6-14-7-5-13/h14H,4-8H2,1-3H3,(H,15,17). The van der Waals surface area contributed by atoms with Crippen molar-refractivity contribution in [3.8, 4) is 0 Å². The number of carbonyl (C=O) groups is 1. The molecule has 2 rings (SSSR count). The van der Waals surface area contributed by atoms with Gasteiger partial charge in [0, 0.05) is 12.7 Å². The zero-order valence-corrected chi connectivity index (χ0v) is 11.7. The van der Waals surface area contributed by atoms with Gasteiger partial charge in [-0.3, -0.25) is 10.1 Å². The number of amides is 1. The molecule has 0 atom stereocenters. The minimum Gasteiger partial charge on any atom is -0.384 e. The first kappa shape index (κ1) is 14.0. The number of aromatic nitrogens is 1. The van der Waals surface area contributed by atoms with Crippen LogP contribution in [0.2, 0.25) is 0 Å². The summed E-state index contributed by atoms with van der Waals surface area (Å²) in [6.45, 7) is 5.81. The van der Waals surface area contributed by atoms with Crippen molar-refractivity contribution in [3.63, 3.8) is 0 Å². The van der Waals surface area contributed by atoms with Crippen molar-refractivity contribution in [1.82, 2.24) is 10.5 Å². The van der Waals surface area contributed by atoms with Crippen molar-refractivity contribution in [2.45, 2.75) is 26.7 Å². The summed E-state index contributed by atoms with van der Waals surface area (Å²) in [5.41, 5.74) is 1.18. The van der Waals surface area contributed by atoms with E-state index in [1.54, 1.807) is 7.11 Å². The van der Waals surface area contributed by atoms with E-state index in [1.807, 2.05) is 13.8 Å². The molecular formula is C13H21N3O3. The van der Waals surface area contributed by atoms with Gasteiger partial charge >= 0.3 is 0 Å². The van der Waals surface area contributed by atoms with E-state index in [-0.39, 0.29) is 5.91 Å². The van der Waals surface area contributed by atoms with Gasteiger partial charge in [-0.2, -0.15) is 0 Å². The average molecular weight is 267 g/mol. The molecule has 19 heavy (non-hydrogen) atoms. The molecule has 106 valence electrons. The van der Waals surface area contributed by atoms with Gasteiger partial charge in [-0.15, -0.1) is 0 Å². The van der Waals surface area contributed by atoms with Crippen LogP contribution in [0.3, 0.4) is 0 Å². The lowest BCUT2D eigenvalue weighted by Crippen LogP contribution is -2.47. The summed E-state index contributed by atoms with van der Waals surface area (Å²) in [6.07, 6.45) is 1.53. The zero-order chi connectivity index (χ0) is 13.9. The lowest BCUT2D eigenvalue weighted by molar-refractivity contribution is -0.130. The third-order valence-electron chi connectivity index (χ3n) is 3.85. The van der Waals surface area contributed by atoms with Gasteiger partial charge in [0.05, 0.1) is 17.7 Å². The highest BCUT2D eigenvalue weighted by atomic mass is 16.5. The Morgan fingerprint density at radius 3 is 2.68 bits per heavy atom. The number of nitrogens with one attached hydrogen (secondary N) is 2. The molecule has 6 nitrogen and oxygen atoms in total. The number of hydrogen-bond acceptors (Lipinski definition) is 5. The number of methoxy groups -OCH3 is 1. The van der Waals surface area contributed by atoms with Gasteiger partial charge in [0.2, 0.25) is 11.8 Å². The van der Waals surface area contributed by atoms with Gasteiger partial charge in [-0.05, 0) is 39.8 Å². The SMILES string of the molecule is COCC1(C(=O)Nc2onc(C)c2C)CCNCC1. The molecule has 0 radical (unpaired) electrons. The third-order valence-corrected chi connectivity index (χ3v) is 3.85. The lowest BCUT2D eigenvalue weighted by atomic mass is 9.78. The van der Waals surface area contributed by atoms with Crippen LogP contribution in [0, 0.1) is 19.3 Å². The summed E-state index contributed by atoms with van der Waals surface area (Å²) in [6, 6.07) is 0. The van der Waals surface area contributed by atoms with E-state index in [2.05, 4.69) is 15.8 Å². The molecule has 2 N–H and O–H groups in total. The molecule has 1 fully saturated rings. The molecule has 1 saturated heterocycles. The van der Waals surface area contributed by atoms with Crippen LogP contribution < -0.4 is 10.6 Å². The first-order valence-corrected chi connectivity index (χ1v) is 6.53. The molecule has 2 heterocycles. The van der Waals surface area contributed by atoms with Crippen LogP contribution >= 0.6 is 0 Å². The molecule has 0 unspecified atom stereocenters. The second-order valence-electron chi connectivity index (χ2n) is 5.14. The van der Waals surface area contributed by atoms with Crippen molar-refractivity contribution < 1.29 is 14.1 Å². The number of aryl methyl sites for hydroxylation is 1. The first-order valence-electron chi connectivity index (χ1n) is 6.53. The Morgan fingerprint density at radius 1 is 1.47 bits per heavy atom. The molecule has 0 aromatic carbocycles. The zero-order valence-electron chi connectivity index (χ0n) is 11.7. The minimum absolute atomic E-state index is 0.0462. The molecule has 1 aromatic rings. The number of piperidine rings is 1. The lowest BCUT2D eigenvalue weighted by Gasteiger charge is -2.35. The van der Waals surface area contributed by atoms with Crippen molar-refractivity contribution >= 4 is 11.8 Å². The minimum atomic E-state index is -0.479. The van der Waals surface area contributed by atoms with Crippen molar-refractivity contribution in [1.29, 1.82) is 0 Å². The highest BCUT2D eigenvalue weighted by Crippen LogP contribution is 2.31. The van der Waals surface area contributed by atoms with Crippen molar-refractivity contribution in [2.24, 2.45) is 5.41 Å².